The number of para-hydroxylation sites is 1. The van der Waals surface area contributed by atoms with Crippen LogP contribution in [0.5, 0.6) is 0 Å². The van der Waals surface area contributed by atoms with Crippen molar-refractivity contribution in [3.05, 3.63) is 29.6 Å². The molecule has 0 spiro atoms. The minimum Gasteiger partial charge on any atom is -0.348 e. The molecule has 3 N–H and O–H groups in total. The molecule has 1 aromatic carbocycles. The van der Waals surface area contributed by atoms with Crippen LogP contribution in [-0.2, 0) is 9.59 Å². The van der Waals surface area contributed by atoms with Gasteiger partial charge in [-0.2, -0.15) is 0 Å². The Labute approximate surface area is 116 Å². The fourth-order valence-electron chi connectivity index (χ4n) is 2.51. The van der Waals surface area contributed by atoms with Crippen molar-refractivity contribution in [2.75, 3.05) is 11.4 Å². The summed E-state index contributed by atoms with van der Waals surface area (Å²) in [5.74, 6) is -1.30. The molecule has 1 heterocycles. The fraction of sp³-hybridized carbons (Fsp3) is 0.429. The summed E-state index contributed by atoms with van der Waals surface area (Å²) >= 11 is 0. The van der Waals surface area contributed by atoms with Gasteiger partial charge >= 0.3 is 0 Å². The van der Waals surface area contributed by atoms with Gasteiger partial charge < -0.3 is 10.6 Å². The van der Waals surface area contributed by atoms with E-state index in [4.69, 9.17) is 5.73 Å². The van der Waals surface area contributed by atoms with Crippen LogP contribution in [0.3, 0.4) is 0 Å². The average molecular weight is 279 g/mol. The van der Waals surface area contributed by atoms with E-state index >= 15 is 0 Å². The Balaban J connectivity index is 2.53. The zero-order valence-corrected chi connectivity index (χ0v) is 11.5. The lowest BCUT2D eigenvalue weighted by Crippen LogP contribution is -2.58. The van der Waals surface area contributed by atoms with Crippen molar-refractivity contribution in [2.24, 2.45) is 5.73 Å². The first kappa shape index (κ1) is 14.5. The van der Waals surface area contributed by atoms with Crippen LogP contribution in [0.25, 0.3) is 0 Å². The van der Waals surface area contributed by atoms with Gasteiger partial charge in [0.25, 0.3) is 0 Å². The van der Waals surface area contributed by atoms with Crippen molar-refractivity contribution in [3.8, 4) is 0 Å². The molecule has 20 heavy (non-hydrogen) atoms. The molecule has 1 unspecified atom stereocenters. The summed E-state index contributed by atoms with van der Waals surface area (Å²) in [6.45, 7) is 3.51. The second-order valence-corrected chi connectivity index (χ2v) is 4.93. The van der Waals surface area contributed by atoms with Crippen molar-refractivity contribution in [3.63, 3.8) is 0 Å². The van der Waals surface area contributed by atoms with E-state index < -0.39 is 29.7 Å². The number of nitrogens with zero attached hydrogens (tertiary/aromatic N) is 1. The zero-order valence-electron chi connectivity index (χ0n) is 11.5. The van der Waals surface area contributed by atoms with E-state index in [0.717, 1.165) is 0 Å². The zero-order chi connectivity index (χ0) is 14.9. The van der Waals surface area contributed by atoms with Gasteiger partial charge in [-0.1, -0.05) is 19.1 Å². The standard InChI is InChI=1S/C14H18FN3O2/c1-3-11-14(20)17-12(19)7-18(11)13-9(8(2)16)5-4-6-10(13)15/h4-6,8,11H,3,7,16H2,1-2H3,(H,17,19,20)/t8-,11?/m1/s1. The molecular formula is C14H18FN3O2. The van der Waals surface area contributed by atoms with Crippen LogP contribution in [0.4, 0.5) is 10.1 Å². The highest BCUT2D eigenvalue weighted by atomic mass is 19.1. The van der Waals surface area contributed by atoms with Crippen molar-refractivity contribution in [1.82, 2.24) is 5.32 Å². The molecule has 1 fully saturated rings. The summed E-state index contributed by atoms with van der Waals surface area (Å²) in [5.41, 5.74) is 6.70. The topological polar surface area (TPSA) is 75.4 Å². The highest BCUT2D eigenvalue weighted by Gasteiger charge is 2.35. The number of nitrogens with one attached hydrogen (secondary N) is 1. The predicted octanol–water partition coefficient (Wildman–Crippen LogP) is 1.09. The van der Waals surface area contributed by atoms with Gasteiger partial charge in [-0.05, 0) is 25.0 Å². The molecule has 1 aliphatic rings. The van der Waals surface area contributed by atoms with E-state index in [2.05, 4.69) is 5.32 Å². The molecule has 0 saturated carbocycles. The number of carbonyl (C=O) groups is 2. The van der Waals surface area contributed by atoms with E-state index in [0.29, 0.717) is 12.0 Å². The van der Waals surface area contributed by atoms with Gasteiger partial charge in [-0.3, -0.25) is 14.9 Å². The highest BCUT2D eigenvalue weighted by molar-refractivity contribution is 6.04. The molecule has 1 saturated heterocycles. The van der Waals surface area contributed by atoms with Gasteiger partial charge in [0.05, 0.1) is 12.2 Å². The van der Waals surface area contributed by atoms with Gasteiger partial charge in [0, 0.05) is 6.04 Å². The molecular weight excluding hydrogens is 261 g/mol. The molecule has 2 rings (SSSR count). The maximum atomic E-state index is 14.2. The third kappa shape index (κ3) is 2.51. The summed E-state index contributed by atoms with van der Waals surface area (Å²) in [7, 11) is 0. The largest absolute Gasteiger partial charge is 0.348 e. The summed E-state index contributed by atoms with van der Waals surface area (Å²) in [6, 6.07) is 3.64. The quantitative estimate of drug-likeness (QED) is 0.812. The fourth-order valence-corrected chi connectivity index (χ4v) is 2.51. The molecule has 2 amide bonds. The number of benzene rings is 1. The van der Waals surface area contributed by atoms with E-state index in [1.807, 2.05) is 6.92 Å². The normalized spacial score (nSPS) is 20.8. The molecule has 6 heteroatoms. The molecule has 0 bridgehead atoms. The van der Waals surface area contributed by atoms with Crippen molar-refractivity contribution in [1.29, 1.82) is 0 Å². The smallest absolute Gasteiger partial charge is 0.249 e. The van der Waals surface area contributed by atoms with Gasteiger partial charge in [-0.25, -0.2) is 4.39 Å². The molecule has 1 aliphatic heterocycles. The number of carbonyl (C=O) groups excluding carboxylic acids is 2. The number of imide groups is 1. The summed E-state index contributed by atoms with van der Waals surface area (Å²) in [6.07, 6.45) is 0.478. The van der Waals surface area contributed by atoms with E-state index in [9.17, 15) is 14.0 Å². The van der Waals surface area contributed by atoms with Crippen LogP contribution in [-0.4, -0.2) is 24.4 Å². The Morgan fingerprint density at radius 3 is 2.80 bits per heavy atom. The van der Waals surface area contributed by atoms with E-state index in [-0.39, 0.29) is 12.2 Å². The third-order valence-corrected chi connectivity index (χ3v) is 3.44. The van der Waals surface area contributed by atoms with Gasteiger partial charge in [0.2, 0.25) is 11.8 Å². The molecule has 0 radical (unpaired) electrons. The first-order chi connectivity index (χ1) is 9.45. The first-order valence-corrected chi connectivity index (χ1v) is 6.60. The van der Waals surface area contributed by atoms with E-state index in [1.54, 1.807) is 19.1 Å². The Morgan fingerprint density at radius 1 is 1.50 bits per heavy atom. The van der Waals surface area contributed by atoms with Gasteiger partial charge in [-0.15, -0.1) is 0 Å². The van der Waals surface area contributed by atoms with Crippen LogP contribution in [0, 0.1) is 5.82 Å². The van der Waals surface area contributed by atoms with Crippen LogP contribution in [0.15, 0.2) is 18.2 Å². The molecule has 5 nitrogen and oxygen atoms in total. The number of nitrogens with two attached hydrogens (primary N) is 1. The van der Waals surface area contributed by atoms with E-state index in [1.165, 1.54) is 11.0 Å². The highest BCUT2D eigenvalue weighted by Crippen LogP contribution is 2.31. The number of amides is 2. The maximum absolute atomic E-state index is 14.2. The molecule has 108 valence electrons. The number of piperazine rings is 1. The van der Waals surface area contributed by atoms with Crippen LogP contribution >= 0.6 is 0 Å². The SMILES string of the molecule is CCC1C(=O)NC(=O)CN1c1c(F)cccc1[C@@H](C)N. The number of hydrogen-bond acceptors (Lipinski definition) is 4. The van der Waals surface area contributed by atoms with Gasteiger partial charge in [0.1, 0.15) is 11.9 Å². The summed E-state index contributed by atoms with van der Waals surface area (Å²) in [4.78, 5) is 25.0. The van der Waals surface area contributed by atoms with Crippen molar-refractivity contribution in [2.45, 2.75) is 32.4 Å². The minimum absolute atomic E-state index is 0.0507. The first-order valence-electron chi connectivity index (χ1n) is 6.60. The van der Waals surface area contributed by atoms with Gasteiger partial charge in [0.15, 0.2) is 0 Å². The summed E-state index contributed by atoms with van der Waals surface area (Å²) in [5, 5.41) is 2.27. The lowest BCUT2D eigenvalue weighted by Gasteiger charge is -2.37. The third-order valence-electron chi connectivity index (χ3n) is 3.44. The summed E-state index contributed by atoms with van der Waals surface area (Å²) < 4.78 is 14.2. The molecule has 1 aromatic rings. The minimum atomic E-state index is -0.568. The number of halogens is 1. The second kappa shape index (κ2) is 5.58. The Bertz CT molecular complexity index is 545. The maximum Gasteiger partial charge on any atom is 0.249 e. The number of hydrogen-bond donors (Lipinski definition) is 2. The van der Waals surface area contributed by atoms with Crippen LogP contribution in [0.1, 0.15) is 31.9 Å². The number of anilines is 1. The molecule has 0 aromatic heterocycles. The monoisotopic (exact) mass is 279 g/mol. The Kier molecular flexibility index (Phi) is 4.04. The second-order valence-electron chi connectivity index (χ2n) is 4.93. The Hall–Kier alpha value is -1.95. The molecule has 2 atom stereocenters. The van der Waals surface area contributed by atoms with Crippen LogP contribution in [0.2, 0.25) is 0 Å². The van der Waals surface area contributed by atoms with Crippen molar-refractivity contribution >= 4 is 17.5 Å². The molecule has 0 aliphatic carbocycles. The predicted molar refractivity (Wildman–Crippen MR) is 73.6 cm³/mol. The number of rotatable bonds is 3. The lowest BCUT2D eigenvalue weighted by atomic mass is 10.0. The lowest BCUT2D eigenvalue weighted by molar-refractivity contribution is -0.132. The average Bonchev–Trinajstić information content (AvgIpc) is 2.37. The Morgan fingerprint density at radius 2 is 2.20 bits per heavy atom. The van der Waals surface area contributed by atoms with Crippen LogP contribution < -0.4 is 16.0 Å². The van der Waals surface area contributed by atoms with Crippen molar-refractivity contribution < 1.29 is 14.0 Å².